The summed E-state index contributed by atoms with van der Waals surface area (Å²) < 4.78 is 2.53. The SMILES string of the molecule is c1ccc(-c2ccc3c(c2)N(c2ccc([Si](c4ccccc4)(c4ccccc4)c4ccccc4)cc2)c2cc(-n4c5ccccc5c5ccccc54)cc4c2B3c2cc([Si](c3ccccc3)(c3ccccc3)c3ccccc3)ccc2N4c2ccc([Si](c3ccccc3)(c3ccccc3)c3ccccc3)cc2)cc1. The number of rotatable bonds is 16. The molecule has 0 aliphatic carbocycles. The van der Waals surface area contributed by atoms with Gasteiger partial charge in [0, 0.05) is 44.9 Å². The van der Waals surface area contributed by atoms with Gasteiger partial charge in [-0.15, -0.1) is 0 Å². The van der Waals surface area contributed by atoms with Gasteiger partial charge >= 0.3 is 0 Å². The van der Waals surface area contributed by atoms with Crippen molar-refractivity contribution in [2.45, 2.75) is 0 Å². The first kappa shape index (κ1) is 65.4. The van der Waals surface area contributed by atoms with E-state index in [0.29, 0.717) is 0 Å². The fourth-order valence-electron chi connectivity index (χ4n) is 18.8. The second-order valence-corrected chi connectivity index (χ2v) is 40.4. The Morgan fingerprint density at radius 3 is 0.835 bits per heavy atom. The molecule has 20 rings (SSSR count). The molecule has 109 heavy (non-hydrogen) atoms. The third-order valence-electron chi connectivity index (χ3n) is 23.4. The van der Waals surface area contributed by atoms with E-state index in [1.807, 2.05) is 0 Å². The van der Waals surface area contributed by atoms with E-state index in [1.165, 1.54) is 95.0 Å². The zero-order chi connectivity index (χ0) is 72.3. The van der Waals surface area contributed by atoms with E-state index in [-0.39, 0.29) is 6.71 Å². The van der Waals surface area contributed by atoms with Crippen LogP contribution >= 0.6 is 0 Å². The van der Waals surface area contributed by atoms with Crippen molar-refractivity contribution in [2.75, 3.05) is 9.80 Å². The summed E-state index contributed by atoms with van der Waals surface area (Å²) in [6, 6.07) is 171. The molecule has 1 aromatic heterocycles. The first-order valence-corrected chi connectivity index (χ1v) is 43.9. The van der Waals surface area contributed by atoms with Gasteiger partial charge in [0.2, 0.25) is 0 Å². The number of anilines is 6. The number of aromatic nitrogens is 1. The summed E-state index contributed by atoms with van der Waals surface area (Å²) >= 11 is 0. The van der Waals surface area contributed by atoms with Crippen molar-refractivity contribution >= 4 is 165 Å². The normalized spacial score (nSPS) is 12.5. The lowest BCUT2D eigenvalue weighted by Crippen LogP contribution is -2.75. The van der Waals surface area contributed by atoms with Gasteiger partial charge in [0.15, 0.2) is 24.2 Å². The van der Waals surface area contributed by atoms with Crippen LogP contribution in [0.5, 0.6) is 0 Å². The number of hydrogen-bond donors (Lipinski definition) is 0. The minimum absolute atomic E-state index is 0.240. The Morgan fingerprint density at radius 2 is 0.477 bits per heavy atom. The van der Waals surface area contributed by atoms with Crippen molar-refractivity contribution in [1.29, 1.82) is 0 Å². The van der Waals surface area contributed by atoms with Crippen molar-refractivity contribution in [2.24, 2.45) is 0 Å². The molecule has 3 heterocycles. The second-order valence-electron chi connectivity index (χ2n) is 28.9. The average molecular weight is 1440 g/mol. The van der Waals surface area contributed by atoms with Crippen LogP contribution in [0.1, 0.15) is 0 Å². The molecule has 18 aromatic rings. The van der Waals surface area contributed by atoms with E-state index in [9.17, 15) is 0 Å². The molecule has 0 saturated heterocycles. The maximum atomic E-state index is 2.67. The summed E-state index contributed by atoms with van der Waals surface area (Å²) in [5, 5.41) is 18.4. The molecular weight excluding hydrogens is 1360 g/mol. The summed E-state index contributed by atoms with van der Waals surface area (Å²) in [5.41, 5.74) is 16.2. The number of hydrogen-bond acceptors (Lipinski definition) is 2. The standard InChI is InChI=1S/C102H74BN3Si3/c1-11-35-75(36-12-1)76-59-69-94-99(71-76)105(78-62-66-90(67-63-78)108(83-43-19-5-20-44-83,84-45-21-6-22-46-84)85-47-23-7-24-48-85)101-73-79(106-96-57-33-31-55-92(96)93-56-32-34-58-97(93)106)72-100-102(101)103(94)95-74-91(109(86-49-25-8-26-50-86,87-51-27-9-28-52-87)88-53-29-10-30-54-88)68-70-98(95)104(100)77-60-64-89(65-61-77)107(80-37-13-2-14-38-80,81-39-15-3-16-40-81)82-41-17-4-18-42-82/h1-74H. The van der Waals surface area contributed by atoms with Gasteiger partial charge in [-0.05, 0) is 150 Å². The van der Waals surface area contributed by atoms with Crippen LogP contribution in [0.25, 0.3) is 38.6 Å². The summed E-state index contributed by atoms with van der Waals surface area (Å²) in [5.74, 6) is 0. The van der Waals surface area contributed by atoms with Gasteiger partial charge in [-0.25, -0.2) is 0 Å². The van der Waals surface area contributed by atoms with Crippen molar-refractivity contribution < 1.29 is 0 Å². The quantitative estimate of drug-likeness (QED) is 0.0706. The molecule has 512 valence electrons. The number of fused-ring (bicyclic) bond motifs is 7. The van der Waals surface area contributed by atoms with Gasteiger partial charge in [-0.3, -0.25) is 0 Å². The monoisotopic (exact) mass is 1440 g/mol. The lowest BCUT2D eigenvalue weighted by atomic mass is 9.33. The first-order valence-electron chi connectivity index (χ1n) is 37.9. The molecule has 17 aromatic carbocycles. The van der Waals surface area contributed by atoms with Crippen LogP contribution in [-0.4, -0.2) is 35.5 Å². The van der Waals surface area contributed by atoms with Crippen LogP contribution < -0.4 is 88.4 Å². The third-order valence-corrected chi connectivity index (χ3v) is 37.8. The lowest BCUT2D eigenvalue weighted by Gasteiger charge is -2.45. The second kappa shape index (κ2) is 27.3. The topological polar surface area (TPSA) is 11.4 Å². The maximum absolute atomic E-state index is 3.14. The van der Waals surface area contributed by atoms with E-state index in [2.05, 4.69) is 463 Å². The van der Waals surface area contributed by atoms with Gasteiger partial charge in [-0.1, -0.05) is 388 Å². The Bertz CT molecular complexity index is 5980. The zero-order valence-electron chi connectivity index (χ0n) is 60.1. The molecule has 3 nitrogen and oxygen atoms in total. The Kier molecular flexibility index (Phi) is 16.4. The molecular formula is C102H74BN3Si3. The van der Waals surface area contributed by atoms with Gasteiger partial charge in [-0.2, -0.15) is 0 Å². The Labute approximate surface area is 641 Å². The summed E-state index contributed by atoms with van der Waals surface area (Å²) in [7, 11) is -9.07. The van der Waals surface area contributed by atoms with Crippen LogP contribution in [0.15, 0.2) is 449 Å². The number of benzene rings is 17. The Balaban J connectivity index is 0.906. The summed E-state index contributed by atoms with van der Waals surface area (Å²) in [6.07, 6.45) is 0. The van der Waals surface area contributed by atoms with Gasteiger partial charge in [0.05, 0.1) is 16.7 Å². The minimum atomic E-state index is -3.14. The predicted molar refractivity (Wildman–Crippen MR) is 471 cm³/mol. The molecule has 0 radical (unpaired) electrons. The molecule has 0 saturated carbocycles. The van der Waals surface area contributed by atoms with Crippen LogP contribution in [0.2, 0.25) is 0 Å². The smallest absolute Gasteiger partial charge is 0.252 e. The van der Waals surface area contributed by atoms with Crippen molar-refractivity contribution in [3.05, 3.63) is 449 Å². The van der Waals surface area contributed by atoms with Crippen molar-refractivity contribution in [1.82, 2.24) is 4.57 Å². The zero-order valence-corrected chi connectivity index (χ0v) is 63.1. The molecule has 2 aliphatic heterocycles. The molecule has 0 unspecified atom stereocenters. The molecule has 0 N–H and O–H groups in total. The van der Waals surface area contributed by atoms with Crippen LogP contribution in [0.4, 0.5) is 34.1 Å². The van der Waals surface area contributed by atoms with E-state index in [4.69, 9.17) is 0 Å². The van der Waals surface area contributed by atoms with E-state index in [0.717, 1.165) is 56.4 Å². The van der Waals surface area contributed by atoms with E-state index >= 15 is 0 Å². The Morgan fingerprint density at radius 1 is 0.183 bits per heavy atom. The molecule has 0 atom stereocenters. The highest BCUT2D eigenvalue weighted by Crippen LogP contribution is 2.47. The minimum Gasteiger partial charge on any atom is -0.311 e. The molecule has 0 bridgehead atoms. The molecule has 7 heteroatoms. The average Bonchev–Trinajstić information content (AvgIpc) is 1.24. The lowest BCUT2D eigenvalue weighted by molar-refractivity contribution is 1.16. The highest BCUT2D eigenvalue weighted by atomic mass is 28.3. The molecule has 0 fully saturated rings. The van der Waals surface area contributed by atoms with Crippen molar-refractivity contribution in [3.8, 4) is 16.8 Å². The van der Waals surface area contributed by atoms with E-state index in [1.54, 1.807) is 0 Å². The van der Waals surface area contributed by atoms with Crippen LogP contribution in [0, 0.1) is 0 Å². The van der Waals surface area contributed by atoms with Gasteiger partial charge in [0.25, 0.3) is 6.71 Å². The number of para-hydroxylation sites is 2. The van der Waals surface area contributed by atoms with E-state index < -0.39 is 24.2 Å². The van der Waals surface area contributed by atoms with Crippen LogP contribution in [-0.2, 0) is 0 Å². The predicted octanol–water partition coefficient (Wildman–Crippen LogP) is 14.7. The van der Waals surface area contributed by atoms with Crippen LogP contribution in [0.3, 0.4) is 0 Å². The summed E-state index contributed by atoms with van der Waals surface area (Å²) in [4.78, 5) is 5.29. The maximum Gasteiger partial charge on any atom is 0.252 e. The fourth-order valence-corrected chi connectivity index (χ4v) is 33.1. The Hall–Kier alpha value is -13.1. The first-order chi connectivity index (χ1) is 54.1. The molecule has 0 spiro atoms. The highest BCUT2D eigenvalue weighted by molar-refractivity contribution is 7.21. The fraction of sp³-hybridized carbons (Fsp3) is 0. The largest absolute Gasteiger partial charge is 0.311 e. The molecule has 2 aliphatic rings. The van der Waals surface area contributed by atoms with Gasteiger partial charge < -0.3 is 14.4 Å². The summed E-state index contributed by atoms with van der Waals surface area (Å²) in [6.45, 7) is -0.240. The van der Waals surface area contributed by atoms with Crippen molar-refractivity contribution in [3.63, 3.8) is 0 Å². The van der Waals surface area contributed by atoms with Gasteiger partial charge in [0.1, 0.15) is 0 Å². The number of nitrogens with zero attached hydrogens (tertiary/aromatic N) is 3. The third kappa shape index (κ3) is 10.5. The highest BCUT2D eigenvalue weighted by Gasteiger charge is 2.49. The molecule has 0 amide bonds.